The molecule has 0 bridgehead atoms. The number of rotatable bonds is 46. The molecular weight excluding hydrogens is 783 g/mol. The Morgan fingerprint density at radius 1 is 0.365 bits per heavy atom. The van der Waals surface area contributed by atoms with E-state index in [-0.39, 0.29) is 0 Å². The lowest BCUT2D eigenvalue weighted by Gasteiger charge is -2.37. The van der Waals surface area contributed by atoms with Crippen LogP contribution in [-0.4, -0.2) is 230 Å². The van der Waals surface area contributed by atoms with E-state index in [0.29, 0.717) is 0 Å². The van der Waals surface area contributed by atoms with E-state index >= 15 is 0 Å². The van der Waals surface area contributed by atoms with Gasteiger partial charge < -0.3 is 57.2 Å². The number of hydrogen-bond donors (Lipinski definition) is 7. The Kier molecular flexibility index (Phi) is 31.9. The molecule has 0 aromatic heterocycles. The summed E-state index contributed by atoms with van der Waals surface area (Å²) in [6.07, 6.45) is 21.6. The summed E-state index contributed by atoms with van der Waals surface area (Å²) < 4.78 is 0. The van der Waals surface area contributed by atoms with Gasteiger partial charge in [0.25, 0.3) is 0 Å². The van der Waals surface area contributed by atoms with Gasteiger partial charge in [0.15, 0.2) is 0 Å². The van der Waals surface area contributed by atoms with Gasteiger partial charge in [-0.05, 0) is 103 Å². The fourth-order valence-electron chi connectivity index (χ4n) is 9.50. The summed E-state index contributed by atoms with van der Waals surface area (Å²) >= 11 is 0. The van der Waals surface area contributed by atoms with Crippen molar-refractivity contribution in [2.24, 2.45) is 5.73 Å². The molecular formula is C50H107N13. The number of nitrogens with zero attached hydrogens (tertiary/aromatic N) is 6. The van der Waals surface area contributed by atoms with Gasteiger partial charge in [-0.1, -0.05) is 52.9 Å². The highest BCUT2D eigenvalue weighted by Crippen LogP contribution is 2.24. The third-order valence-corrected chi connectivity index (χ3v) is 15.1. The van der Waals surface area contributed by atoms with Gasteiger partial charge in [-0.3, -0.25) is 9.80 Å². The molecule has 0 unspecified atom stereocenters. The van der Waals surface area contributed by atoms with Crippen LogP contribution in [0.3, 0.4) is 0 Å². The van der Waals surface area contributed by atoms with Crippen LogP contribution in [-0.2, 0) is 0 Å². The van der Waals surface area contributed by atoms with Crippen LogP contribution in [0.1, 0.15) is 124 Å². The van der Waals surface area contributed by atoms with Gasteiger partial charge >= 0.3 is 0 Å². The van der Waals surface area contributed by atoms with Crippen LogP contribution in [0, 0.1) is 0 Å². The molecule has 63 heavy (non-hydrogen) atoms. The summed E-state index contributed by atoms with van der Waals surface area (Å²) in [7, 11) is 0. The van der Waals surface area contributed by atoms with E-state index in [1.807, 2.05) is 0 Å². The van der Waals surface area contributed by atoms with Crippen LogP contribution in [0.5, 0.6) is 0 Å². The van der Waals surface area contributed by atoms with Gasteiger partial charge in [-0.2, -0.15) is 0 Å². The largest absolute Gasteiger partial charge is 0.329 e. The molecule has 0 aromatic carbocycles. The van der Waals surface area contributed by atoms with Crippen molar-refractivity contribution in [3.05, 3.63) is 0 Å². The second kappa shape index (κ2) is 36.5. The molecule has 4 saturated carbocycles. The molecule has 0 amide bonds. The first-order valence-corrected chi connectivity index (χ1v) is 27.5. The Morgan fingerprint density at radius 3 is 1.22 bits per heavy atom. The van der Waals surface area contributed by atoms with E-state index in [2.05, 4.69) is 82.1 Å². The standard InChI is InChI=1S/C50H107N13/c1-4-23-52-28-39-63(50-20-13-21-50)40-29-54-27-36-61(43-41-58(5-2)35-26-53-24-25-55-47-14-10-15-47)33-9-7-8-32-60(34-22-51)45-46-62(38-31-57-49-18-12-19-49)44-42-59(6-3)37-30-56-48-16-11-17-48/h47-50,52-57H,4-46,51H2,1-3H3. The molecule has 4 fully saturated rings. The van der Waals surface area contributed by atoms with Crippen LogP contribution < -0.4 is 37.6 Å². The molecule has 0 saturated heterocycles. The Labute approximate surface area is 390 Å². The first kappa shape index (κ1) is 55.1. The van der Waals surface area contributed by atoms with E-state index in [9.17, 15) is 0 Å². The molecule has 8 N–H and O–H groups in total. The first-order chi connectivity index (χ1) is 31.1. The van der Waals surface area contributed by atoms with Crippen molar-refractivity contribution >= 4 is 0 Å². The molecule has 13 nitrogen and oxygen atoms in total. The Balaban J connectivity index is 1.17. The zero-order chi connectivity index (χ0) is 44.4. The lowest BCUT2D eigenvalue weighted by atomic mass is 9.91. The van der Waals surface area contributed by atoms with Crippen molar-refractivity contribution in [3.63, 3.8) is 0 Å². The summed E-state index contributed by atoms with van der Waals surface area (Å²) in [5.41, 5.74) is 6.21. The molecule has 0 atom stereocenters. The van der Waals surface area contributed by atoms with Gasteiger partial charge in [0, 0.05) is 168 Å². The van der Waals surface area contributed by atoms with Crippen molar-refractivity contribution in [3.8, 4) is 0 Å². The lowest BCUT2D eigenvalue weighted by molar-refractivity contribution is 0.128. The fourth-order valence-corrected chi connectivity index (χ4v) is 9.50. The molecule has 4 aliphatic carbocycles. The highest BCUT2D eigenvalue weighted by atomic mass is 15.2. The van der Waals surface area contributed by atoms with Crippen molar-refractivity contribution in [1.82, 2.24) is 61.3 Å². The van der Waals surface area contributed by atoms with Gasteiger partial charge in [0.1, 0.15) is 0 Å². The highest BCUT2D eigenvalue weighted by molar-refractivity contribution is 4.82. The molecule has 4 aliphatic rings. The maximum absolute atomic E-state index is 6.21. The summed E-state index contributed by atoms with van der Waals surface area (Å²) in [5, 5.41) is 22.5. The molecule has 4 rings (SSSR count). The number of likely N-dealkylation sites (N-methyl/N-ethyl adjacent to an activating group) is 2. The predicted octanol–water partition coefficient (Wildman–Crippen LogP) is 3.12. The van der Waals surface area contributed by atoms with Gasteiger partial charge in [-0.25, -0.2) is 0 Å². The molecule has 0 radical (unpaired) electrons. The van der Waals surface area contributed by atoms with Crippen molar-refractivity contribution in [2.75, 3.05) is 177 Å². The predicted molar refractivity (Wildman–Crippen MR) is 271 cm³/mol. The van der Waals surface area contributed by atoms with Crippen molar-refractivity contribution < 1.29 is 0 Å². The minimum absolute atomic E-state index is 0.747. The molecule has 0 aromatic rings. The monoisotopic (exact) mass is 890 g/mol. The molecule has 13 heteroatoms. The van der Waals surface area contributed by atoms with Crippen LogP contribution >= 0.6 is 0 Å². The van der Waals surface area contributed by atoms with E-state index in [1.165, 1.54) is 129 Å². The number of nitrogens with one attached hydrogen (secondary N) is 6. The van der Waals surface area contributed by atoms with Gasteiger partial charge in [0.2, 0.25) is 0 Å². The van der Waals surface area contributed by atoms with Crippen LogP contribution in [0.15, 0.2) is 0 Å². The lowest BCUT2D eigenvalue weighted by Crippen LogP contribution is -2.47. The zero-order valence-electron chi connectivity index (χ0n) is 42.0. The van der Waals surface area contributed by atoms with Crippen LogP contribution in [0.2, 0.25) is 0 Å². The van der Waals surface area contributed by atoms with E-state index < -0.39 is 0 Å². The summed E-state index contributed by atoms with van der Waals surface area (Å²) in [6, 6.07) is 3.13. The zero-order valence-corrected chi connectivity index (χ0v) is 42.0. The molecule has 0 spiro atoms. The molecule has 0 aliphatic heterocycles. The quantitative estimate of drug-likeness (QED) is 0.0455. The second-order valence-corrected chi connectivity index (χ2v) is 19.9. The summed E-state index contributed by atoms with van der Waals surface area (Å²) in [5.74, 6) is 0. The minimum Gasteiger partial charge on any atom is -0.329 e. The second-order valence-electron chi connectivity index (χ2n) is 19.9. The number of unbranched alkanes of at least 4 members (excludes halogenated alkanes) is 2. The van der Waals surface area contributed by atoms with E-state index in [4.69, 9.17) is 5.73 Å². The van der Waals surface area contributed by atoms with Crippen molar-refractivity contribution in [1.29, 1.82) is 0 Å². The van der Waals surface area contributed by atoms with Gasteiger partial charge in [0.05, 0.1) is 0 Å². The van der Waals surface area contributed by atoms with E-state index in [0.717, 1.165) is 175 Å². The minimum atomic E-state index is 0.747. The molecule has 372 valence electrons. The summed E-state index contributed by atoms with van der Waals surface area (Å²) in [4.78, 5) is 16.2. The Bertz CT molecular complexity index is 1030. The number of nitrogens with two attached hydrogens (primary N) is 1. The maximum Gasteiger partial charge on any atom is 0.0110 e. The maximum atomic E-state index is 6.21. The van der Waals surface area contributed by atoms with Crippen molar-refractivity contribution in [2.45, 2.75) is 148 Å². The van der Waals surface area contributed by atoms with E-state index in [1.54, 1.807) is 0 Å². The third kappa shape index (κ3) is 25.4. The smallest absolute Gasteiger partial charge is 0.0110 e. The highest BCUT2D eigenvalue weighted by Gasteiger charge is 2.24. The fraction of sp³-hybridized carbons (Fsp3) is 1.00. The third-order valence-electron chi connectivity index (χ3n) is 15.1. The first-order valence-electron chi connectivity index (χ1n) is 27.5. The SMILES string of the molecule is CCCNCCN(CCNCCN(CCCCCN(CCN)CCN(CCNC1CCC1)CCN(CC)CCNC1CCC1)CCN(CC)CCNCCNC1CCC1)C1CCC1. The average molecular weight is 890 g/mol. The summed E-state index contributed by atoms with van der Waals surface area (Å²) in [6.45, 7) is 37.1. The molecule has 0 heterocycles. The normalized spacial score (nSPS) is 17.8. The van der Waals surface area contributed by atoms with Crippen LogP contribution in [0.25, 0.3) is 0 Å². The Hall–Kier alpha value is -0.520. The Morgan fingerprint density at radius 2 is 0.762 bits per heavy atom. The topological polar surface area (TPSA) is 118 Å². The van der Waals surface area contributed by atoms with Crippen LogP contribution in [0.4, 0.5) is 0 Å². The average Bonchev–Trinajstić information content (AvgIpc) is 3.22. The van der Waals surface area contributed by atoms with Gasteiger partial charge in [-0.15, -0.1) is 0 Å². The number of hydrogen-bond acceptors (Lipinski definition) is 13.